The summed E-state index contributed by atoms with van der Waals surface area (Å²) in [5, 5.41) is 3.91. The number of rotatable bonds is 2. The van der Waals surface area contributed by atoms with Gasteiger partial charge in [0.15, 0.2) is 0 Å². The topological polar surface area (TPSA) is 50.7 Å². The van der Waals surface area contributed by atoms with Gasteiger partial charge in [0, 0.05) is 11.9 Å². The summed E-state index contributed by atoms with van der Waals surface area (Å²) < 4.78 is 1.73. The Morgan fingerprint density at radius 3 is 2.65 bits per heavy atom. The molecular weight excluding hydrogens is 286 g/mol. The van der Waals surface area contributed by atoms with E-state index in [1.165, 1.54) is 5.56 Å². The molecule has 0 bridgehead atoms. The van der Waals surface area contributed by atoms with Crippen molar-refractivity contribution in [1.29, 1.82) is 0 Å². The van der Waals surface area contributed by atoms with Gasteiger partial charge in [0.25, 0.3) is 5.56 Å². The monoisotopic (exact) mass is 303 g/mol. The summed E-state index contributed by atoms with van der Waals surface area (Å²) in [6.07, 6.45) is 3.52. The van der Waals surface area contributed by atoms with Gasteiger partial charge in [0.2, 0.25) is 0 Å². The number of aryl methyl sites for hydroxylation is 2. The van der Waals surface area contributed by atoms with Crippen LogP contribution in [-0.4, -0.2) is 14.5 Å². The van der Waals surface area contributed by atoms with Crippen molar-refractivity contribution >= 4 is 21.5 Å². The van der Waals surface area contributed by atoms with Crippen molar-refractivity contribution in [3.05, 3.63) is 76.2 Å². The largest absolute Gasteiger partial charge is 0.348 e. The van der Waals surface area contributed by atoms with Crippen molar-refractivity contribution < 1.29 is 0 Å². The van der Waals surface area contributed by atoms with E-state index in [4.69, 9.17) is 0 Å². The Labute approximate surface area is 133 Å². The maximum atomic E-state index is 13.0. The van der Waals surface area contributed by atoms with Gasteiger partial charge in [-0.15, -0.1) is 0 Å². The molecule has 4 aromatic rings. The zero-order valence-corrected chi connectivity index (χ0v) is 13.1. The molecule has 2 heterocycles. The predicted octanol–water partition coefficient (Wildman–Crippen LogP) is 3.54. The van der Waals surface area contributed by atoms with E-state index in [0.717, 1.165) is 32.9 Å². The summed E-state index contributed by atoms with van der Waals surface area (Å²) in [5.41, 5.74) is 3.10. The second-order valence-corrected chi connectivity index (χ2v) is 5.93. The molecule has 0 radical (unpaired) electrons. The molecule has 2 aromatic carbocycles. The Balaban J connectivity index is 2.01. The number of benzene rings is 2. The number of nitrogens with one attached hydrogen (secondary N) is 1. The van der Waals surface area contributed by atoms with E-state index in [1.807, 2.05) is 37.4 Å². The maximum absolute atomic E-state index is 13.0. The number of hydrogen-bond acceptors (Lipinski definition) is 2. The van der Waals surface area contributed by atoms with Gasteiger partial charge in [0.05, 0.1) is 24.0 Å². The first-order chi connectivity index (χ1) is 11.1. The molecule has 4 nitrogen and oxygen atoms in total. The Hall–Kier alpha value is -2.88. The number of aromatic nitrogens is 3. The van der Waals surface area contributed by atoms with Gasteiger partial charge >= 0.3 is 0 Å². The molecule has 23 heavy (non-hydrogen) atoms. The molecule has 114 valence electrons. The van der Waals surface area contributed by atoms with Crippen molar-refractivity contribution in [1.82, 2.24) is 14.5 Å². The standard InChI is InChI=1S/C19H17N3O/c1-12-9-14-7-8-22(10-17-13(2)20-11-21-17)19(23)18(14)16-6-4-3-5-15(12)16/h3-9,11H,10H2,1-2H3,(H,20,21). The maximum Gasteiger partial charge on any atom is 0.259 e. The van der Waals surface area contributed by atoms with Crippen molar-refractivity contribution in [3.63, 3.8) is 0 Å². The van der Waals surface area contributed by atoms with Gasteiger partial charge in [-0.1, -0.05) is 30.3 Å². The highest BCUT2D eigenvalue weighted by Crippen LogP contribution is 2.26. The van der Waals surface area contributed by atoms with Crippen molar-refractivity contribution in [2.45, 2.75) is 20.4 Å². The minimum Gasteiger partial charge on any atom is -0.348 e. The first kappa shape index (κ1) is 13.8. The Bertz CT molecular complexity index is 1090. The van der Waals surface area contributed by atoms with Gasteiger partial charge < -0.3 is 9.55 Å². The number of H-pyrrole nitrogens is 1. The van der Waals surface area contributed by atoms with Crippen LogP contribution in [0.2, 0.25) is 0 Å². The van der Waals surface area contributed by atoms with Gasteiger partial charge in [0.1, 0.15) is 0 Å². The molecule has 0 unspecified atom stereocenters. The number of aromatic amines is 1. The van der Waals surface area contributed by atoms with E-state index in [9.17, 15) is 4.79 Å². The lowest BCUT2D eigenvalue weighted by atomic mass is 9.99. The average molecular weight is 303 g/mol. The minimum absolute atomic E-state index is 0.0288. The number of pyridine rings is 1. The minimum atomic E-state index is 0.0288. The van der Waals surface area contributed by atoms with Crippen LogP contribution < -0.4 is 5.56 Å². The predicted molar refractivity (Wildman–Crippen MR) is 92.9 cm³/mol. The third kappa shape index (κ3) is 2.14. The molecule has 0 spiro atoms. The molecule has 0 amide bonds. The molecule has 0 saturated heterocycles. The second-order valence-electron chi connectivity index (χ2n) is 5.93. The Morgan fingerprint density at radius 1 is 1.13 bits per heavy atom. The highest BCUT2D eigenvalue weighted by atomic mass is 16.1. The number of imidazole rings is 1. The SMILES string of the molecule is Cc1[nH]cnc1Cn1ccc2cc(C)c3ccccc3c2c1=O. The molecule has 0 aliphatic heterocycles. The zero-order valence-electron chi connectivity index (χ0n) is 13.1. The van der Waals surface area contributed by atoms with Crippen LogP contribution >= 0.6 is 0 Å². The summed E-state index contributed by atoms with van der Waals surface area (Å²) in [6, 6.07) is 12.2. The second kappa shape index (κ2) is 5.09. The van der Waals surface area contributed by atoms with Crippen LogP contribution in [0.15, 0.2) is 53.7 Å². The highest BCUT2D eigenvalue weighted by molar-refractivity contribution is 6.08. The number of fused-ring (bicyclic) bond motifs is 3. The first-order valence-corrected chi connectivity index (χ1v) is 7.65. The highest BCUT2D eigenvalue weighted by Gasteiger charge is 2.10. The molecule has 1 N–H and O–H groups in total. The fourth-order valence-electron chi connectivity index (χ4n) is 3.17. The smallest absolute Gasteiger partial charge is 0.259 e. The van der Waals surface area contributed by atoms with Crippen LogP contribution in [0.4, 0.5) is 0 Å². The van der Waals surface area contributed by atoms with Crippen molar-refractivity contribution in [3.8, 4) is 0 Å². The van der Waals surface area contributed by atoms with Crippen LogP contribution in [0.5, 0.6) is 0 Å². The molecule has 2 aromatic heterocycles. The van der Waals surface area contributed by atoms with Crippen LogP contribution in [0, 0.1) is 13.8 Å². The summed E-state index contributed by atoms with van der Waals surface area (Å²) in [7, 11) is 0. The third-order valence-corrected chi connectivity index (χ3v) is 4.45. The van der Waals surface area contributed by atoms with E-state index < -0.39 is 0 Å². The van der Waals surface area contributed by atoms with Gasteiger partial charge in [-0.3, -0.25) is 4.79 Å². The molecule has 4 rings (SSSR count). The van der Waals surface area contributed by atoms with Crippen LogP contribution in [0.1, 0.15) is 17.0 Å². The van der Waals surface area contributed by atoms with Gasteiger partial charge in [-0.25, -0.2) is 4.98 Å². The fourth-order valence-corrected chi connectivity index (χ4v) is 3.17. The summed E-state index contributed by atoms with van der Waals surface area (Å²) in [6.45, 7) is 4.53. The average Bonchev–Trinajstić information content (AvgIpc) is 2.95. The number of nitrogens with zero attached hydrogens (tertiary/aromatic N) is 2. The lowest BCUT2D eigenvalue weighted by molar-refractivity contribution is 0.747. The fraction of sp³-hybridized carbons (Fsp3) is 0.158. The van der Waals surface area contributed by atoms with Crippen molar-refractivity contribution in [2.75, 3.05) is 0 Å². The molecule has 0 saturated carbocycles. The van der Waals surface area contributed by atoms with Gasteiger partial charge in [-0.2, -0.15) is 0 Å². The van der Waals surface area contributed by atoms with Crippen LogP contribution in [-0.2, 0) is 6.54 Å². The Kier molecular flexibility index (Phi) is 3.05. The lowest BCUT2D eigenvalue weighted by Gasteiger charge is -2.10. The molecule has 0 atom stereocenters. The van der Waals surface area contributed by atoms with E-state index in [-0.39, 0.29) is 5.56 Å². The normalized spacial score (nSPS) is 11.4. The lowest BCUT2D eigenvalue weighted by Crippen LogP contribution is -2.20. The quantitative estimate of drug-likeness (QED) is 0.576. The van der Waals surface area contributed by atoms with Gasteiger partial charge in [-0.05, 0) is 41.6 Å². The number of hydrogen-bond donors (Lipinski definition) is 1. The van der Waals surface area contributed by atoms with Crippen LogP contribution in [0.25, 0.3) is 21.5 Å². The van der Waals surface area contributed by atoms with E-state index in [1.54, 1.807) is 10.9 Å². The molecule has 0 aliphatic rings. The Morgan fingerprint density at radius 2 is 1.91 bits per heavy atom. The van der Waals surface area contributed by atoms with E-state index in [2.05, 4.69) is 29.0 Å². The first-order valence-electron chi connectivity index (χ1n) is 7.65. The van der Waals surface area contributed by atoms with Crippen LogP contribution in [0.3, 0.4) is 0 Å². The van der Waals surface area contributed by atoms with Crippen molar-refractivity contribution in [2.24, 2.45) is 0 Å². The summed E-state index contributed by atoms with van der Waals surface area (Å²) in [5.74, 6) is 0. The summed E-state index contributed by atoms with van der Waals surface area (Å²) >= 11 is 0. The zero-order chi connectivity index (χ0) is 16.0. The van der Waals surface area contributed by atoms with E-state index in [0.29, 0.717) is 6.54 Å². The molecular formula is C19H17N3O. The molecule has 0 aliphatic carbocycles. The molecule has 0 fully saturated rings. The summed E-state index contributed by atoms with van der Waals surface area (Å²) in [4.78, 5) is 20.4. The third-order valence-electron chi connectivity index (χ3n) is 4.45. The van der Waals surface area contributed by atoms with E-state index >= 15 is 0 Å². The molecule has 4 heteroatoms.